The number of nitrogens with one attached hydrogen (secondary N) is 1. The molecule has 0 bridgehead atoms. The molecule has 0 radical (unpaired) electrons. The number of unbranched alkanes of at least 4 members (excludes halogenated alkanes) is 1. The minimum atomic E-state index is -0.0608. The third kappa shape index (κ3) is 4.20. The maximum atomic E-state index is 12.2. The van der Waals surface area contributed by atoms with Gasteiger partial charge < -0.3 is 11.1 Å². The molecule has 2 rings (SSSR count). The summed E-state index contributed by atoms with van der Waals surface area (Å²) >= 11 is 4.89. The van der Waals surface area contributed by atoms with Crippen molar-refractivity contribution >= 4 is 48.9 Å². The predicted molar refractivity (Wildman–Crippen MR) is 95.0 cm³/mol. The van der Waals surface area contributed by atoms with Gasteiger partial charge in [-0.15, -0.1) is 11.3 Å². The Balaban J connectivity index is 1.98. The molecule has 1 amide bonds. The Labute approximate surface area is 138 Å². The topological polar surface area (TPSA) is 55.1 Å². The van der Waals surface area contributed by atoms with Crippen molar-refractivity contribution in [3.05, 3.63) is 27.5 Å². The molecular weight excluding hydrogens is 348 g/mol. The van der Waals surface area contributed by atoms with Crippen molar-refractivity contribution in [2.75, 3.05) is 12.3 Å². The quantitative estimate of drug-likeness (QED) is 0.719. The number of anilines is 1. The summed E-state index contributed by atoms with van der Waals surface area (Å²) in [5.74, 6) is 0.659. The summed E-state index contributed by atoms with van der Waals surface area (Å²) in [5.41, 5.74) is 6.68. The number of thiophene rings is 1. The van der Waals surface area contributed by atoms with Crippen molar-refractivity contribution in [1.82, 2.24) is 5.32 Å². The fourth-order valence-corrected chi connectivity index (χ4v) is 3.81. The second kappa shape index (κ2) is 7.27. The van der Waals surface area contributed by atoms with Crippen LogP contribution in [0.2, 0.25) is 0 Å². The van der Waals surface area contributed by atoms with Crippen LogP contribution in [0.4, 0.5) is 5.69 Å². The Kier molecular flexibility index (Phi) is 5.65. The van der Waals surface area contributed by atoms with Crippen molar-refractivity contribution < 1.29 is 4.79 Å². The maximum absolute atomic E-state index is 12.2. The highest BCUT2D eigenvalue weighted by molar-refractivity contribution is 9.10. The summed E-state index contributed by atoms with van der Waals surface area (Å²) in [7, 11) is 0. The number of nitrogens with two attached hydrogens (primary N) is 1. The van der Waals surface area contributed by atoms with Gasteiger partial charge in [-0.25, -0.2) is 0 Å². The van der Waals surface area contributed by atoms with Crippen LogP contribution >= 0.6 is 27.3 Å². The first kappa shape index (κ1) is 16.3. The van der Waals surface area contributed by atoms with Crippen LogP contribution in [0.3, 0.4) is 0 Å². The molecule has 3 N–H and O–H groups in total. The summed E-state index contributed by atoms with van der Waals surface area (Å²) in [4.78, 5) is 12.8. The Morgan fingerprint density at radius 1 is 1.38 bits per heavy atom. The number of benzene rings is 1. The van der Waals surface area contributed by atoms with E-state index in [9.17, 15) is 4.79 Å². The van der Waals surface area contributed by atoms with E-state index < -0.39 is 0 Å². The second-order valence-corrected chi connectivity index (χ2v) is 7.60. The van der Waals surface area contributed by atoms with Gasteiger partial charge >= 0.3 is 0 Å². The Morgan fingerprint density at radius 2 is 2.14 bits per heavy atom. The first-order valence-electron chi connectivity index (χ1n) is 7.24. The van der Waals surface area contributed by atoms with E-state index in [-0.39, 0.29) is 5.91 Å². The van der Waals surface area contributed by atoms with Crippen LogP contribution in [0.1, 0.15) is 42.8 Å². The van der Waals surface area contributed by atoms with Gasteiger partial charge in [-0.3, -0.25) is 4.79 Å². The van der Waals surface area contributed by atoms with E-state index in [2.05, 4.69) is 35.1 Å². The minimum absolute atomic E-state index is 0.0608. The molecule has 0 unspecified atom stereocenters. The molecule has 0 saturated carbocycles. The van der Waals surface area contributed by atoms with Gasteiger partial charge in [0, 0.05) is 21.1 Å². The van der Waals surface area contributed by atoms with E-state index in [0.717, 1.165) is 33.3 Å². The van der Waals surface area contributed by atoms with Crippen LogP contribution in [-0.2, 0) is 0 Å². The third-order valence-corrected chi connectivity index (χ3v) is 5.05. The number of hydrogen-bond acceptors (Lipinski definition) is 3. The van der Waals surface area contributed by atoms with E-state index in [1.165, 1.54) is 17.8 Å². The van der Waals surface area contributed by atoms with Gasteiger partial charge in [0.25, 0.3) is 5.91 Å². The van der Waals surface area contributed by atoms with Crippen LogP contribution in [0, 0.1) is 5.92 Å². The number of hydrogen-bond donors (Lipinski definition) is 2. The lowest BCUT2D eigenvalue weighted by molar-refractivity contribution is 0.0958. The van der Waals surface area contributed by atoms with E-state index >= 15 is 0 Å². The Bertz CT molecular complexity index is 636. The molecule has 1 aromatic heterocycles. The van der Waals surface area contributed by atoms with Crippen LogP contribution < -0.4 is 11.1 Å². The molecule has 3 nitrogen and oxygen atoms in total. The lowest BCUT2D eigenvalue weighted by atomic mass is 10.1. The number of amides is 1. The highest BCUT2D eigenvalue weighted by atomic mass is 79.9. The fourth-order valence-electron chi connectivity index (χ4n) is 2.22. The highest BCUT2D eigenvalue weighted by Gasteiger charge is 2.15. The number of rotatable bonds is 6. The smallest absolute Gasteiger partial charge is 0.263 e. The largest absolute Gasteiger partial charge is 0.397 e. The van der Waals surface area contributed by atoms with Crippen LogP contribution in [0.5, 0.6) is 0 Å². The van der Waals surface area contributed by atoms with Crippen molar-refractivity contribution in [2.24, 2.45) is 5.92 Å². The summed E-state index contributed by atoms with van der Waals surface area (Å²) in [5, 5.41) is 3.92. The van der Waals surface area contributed by atoms with E-state index in [0.29, 0.717) is 17.1 Å². The zero-order chi connectivity index (χ0) is 15.4. The SMILES string of the molecule is CC(C)CCCCNC(=O)c1sc2cc(Br)ccc2c1N. The van der Waals surface area contributed by atoms with Gasteiger partial charge in [-0.1, -0.05) is 48.7 Å². The normalized spacial score (nSPS) is 11.2. The lowest BCUT2D eigenvalue weighted by Crippen LogP contribution is -2.24. The van der Waals surface area contributed by atoms with Gasteiger partial charge in [-0.05, 0) is 24.5 Å². The third-order valence-electron chi connectivity index (χ3n) is 3.39. The fraction of sp³-hybridized carbons (Fsp3) is 0.438. The molecule has 0 spiro atoms. The molecule has 0 aliphatic heterocycles. The molecule has 114 valence electrons. The van der Waals surface area contributed by atoms with Gasteiger partial charge in [0.15, 0.2) is 0 Å². The monoisotopic (exact) mass is 368 g/mol. The average molecular weight is 369 g/mol. The van der Waals surface area contributed by atoms with E-state index in [1.54, 1.807) is 0 Å². The van der Waals surface area contributed by atoms with E-state index in [4.69, 9.17) is 5.73 Å². The molecule has 0 aliphatic carbocycles. The second-order valence-electron chi connectivity index (χ2n) is 5.63. The van der Waals surface area contributed by atoms with E-state index in [1.807, 2.05) is 18.2 Å². The van der Waals surface area contributed by atoms with Crippen LogP contribution in [0.25, 0.3) is 10.1 Å². The molecule has 0 saturated heterocycles. The molecule has 1 heterocycles. The molecular formula is C16H21BrN2OS. The number of fused-ring (bicyclic) bond motifs is 1. The molecule has 0 fully saturated rings. The summed E-state index contributed by atoms with van der Waals surface area (Å²) in [6.07, 6.45) is 3.36. The van der Waals surface area contributed by atoms with Crippen molar-refractivity contribution in [3.8, 4) is 0 Å². The predicted octanol–water partition coefficient (Wildman–Crippen LogP) is 4.80. The van der Waals surface area contributed by atoms with Gasteiger partial charge in [0.2, 0.25) is 0 Å². The van der Waals surface area contributed by atoms with Crippen LogP contribution in [0.15, 0.2) is 22.7 Å². The lowest BCUT2D eigenvalue weighted by Gasteiger charge is -2.06. The first-order chi connectivity index (χ1) is 9.99. The zero-order valence-corrected chi connectivity index (χ0v) is 14.8. The Hall–Kier alpha value is -1.07. The summed E-state index contributed by atoms with van der Waals surface area (Å²) < 4.78 is 2.03. The standard InChI is InChI=1S/C16H21BrN2OS/c1-10(2)5-3-4-8-19-16(20)15-14(18)12-7-6-11(17)9-13(12)21-15/h6-7,9-10H,3-5,8,18H2,1-2H3,(H,19,20). The zero-order valence-electron chi connectivity index (χ0n) is 12.4. The number of carbonyl (C=O) groups excluding carboxylic acids is 1. The van der Waals surface area contributed by atoms with Crippen molar-refractivity contribution in [3.63, 3.8) is 0 Å². The molecule has 5 heteroatoms. The number of halogens is 1. The molecule has 0 atom stereocenters. The van der Waals surface area contributed by atoms with Gasteiger partial charge in [0.1, 0.15) is 4.88 Å². The molecule has 2 aromatic rings. The van der Waals surface area contributed by atoms with Gasteiger partial charge in [0.05, 0.1) is 5.69 Å². The van der Waals surface area contributed by atoms with Crippen molar-refractivity contribution in [2.45, 2.75) is 33.1 Å². The maximum Gasteiger partial charge on any atom is 0.263 e. The Morgan fingerprint density at radius 3 is 2.86 bits per heavy atom. The summed E-state index contributed by atoms with van der Waals surface area (Å²) in [6.45, 7) is 5.15. The van der Waals surface area contributed by atoms with Crippen LogP contribution in [-0.4, -0.2) is 12.5 Å². The number of carbonyl (C=O) groups is 1. The molecule has 0 aliphatic rings. The number of nitrogen functional groups attached to an aromatic ring is 1. The highest BCUT2D eigenvalue weighted by Crippen LogP contribution is 2.35. The minimum Gasteiger partial charge on any atom is -0.397 e. The summed E-state index contributed by atoms with van der Waals surface area (Å²) in [6, 6.07) is 5.89. The molecule has 21 heavy (non-hydrogen) atoms. The van der Waals surface area contributed by atoms with Gasteiger partial charge in [-0.2, -0.15) is 0 Å². The first-order valence-corrected chi connectivity index (χ1v) is 8.85. The molecule has 1 aromatic carbocycles. The average Bonchev–Trinajstić information content (AvgIpc) is 2.74. The van der Waals surface area contributed by atoms with Crippen molar-refractivity contribution in [1.29, 1.82) is 0 Å².